The molecule has 4 heterocycles. The molecule has 1 N–H and O–H groups in total. The number of hydrogen-bond acceptors (Lipinski definition) is 9. The molecule has 0 radical (unpaired) electrons. The maximum Gasteiger partial charge on any atom is 0.225 e. The predicted molar refractivity (Wildman–Crippen MR) is 142 cm³/mol. The Hall–Kier alpha value is -2.62. The second kappa shape index (κ2) is 10.8. The van der Waals surface area contributed by atoms with Crippen molar-refractivity contribution in [2.45, 2.75) is 57.2 Å². The van der Waals surface area contributed by atoms with Crippen LogP contribution >= 0.6 is 11.3 Å². The Kier molecular flexibility index (Phi) is 7.12. The average molecular weight is 507 g/mol. The SMILES string of the molecule is OCC1CN(c2nnc(-c3ccc(-c4cnc(N5CCC(OC6CCCCC6)CC5)nc4)cc3)s2)C1. The highest BCUT2D eigenvalue weighted by atomic mass is 32.1. The van der Waals surface area contributed by atoms with E-state index < -0.39 is 0 Å². The Labute approximate surface area is 216 Å². The molecule has 3 aliphatic rings. The molecule has 0 atom stereocenters. The maximum atomic E-state index is 9.22. The molecule has 190 valence electrons. The third kappa shape index (κ3) is 5.23. The van der Waals surface area contributed by atoms with Gasteiger partial charge in [-0.3, -0.25) is 0 Å². The summed E-state index contributed by atoms with van der Waals surface area (Å²) >= 11 is 1.59. The smallest absolute Gasteiger partial charge is 0.225 e. The Balaban J connectivity index is 1.03. The van der Waals surface area contributed by atoms with E-state index in [1.807, 2.05) is 12.4 Å². The first-order valence-electron chi connectivity index (χ1n) is 13.3. The lowest BCUT2D eigenvalue weighted by atomic mass is 9.97. The van der Waals surface area contributed by atoms with Gasteiger partial charge in [0.2, 0.25) is 11.1 Å². The Morgan fingerprint density at radius 2 is 1.47 bits per heavy atom. The quantitative estimate of drug-likeness (QED) is 0.504. The van der Waals surface area contributed by atoms with Crippen LogP contribution in [0.1, 0.15) is 44.9 Å². The van der Waals surface area contributed by atoms with Gasteiger partial charge in [-0.15, -0.1) is 10.2 Å². The largest absolute Gasteiger partial charge is 0.396 e. The third-order valence-electron chi connectivity index (χ3n) is 7.67. The van der Waals surface area contributed by atoms with E-state index in [1.165, 1.54) is 32.1 Å². The van der Waals surface area contributed by atoms with Gasteiger partial charge >= 0.3 is 0 Å². The molecule has 1 aliphatic carbocycles. The van der Waals surface area contributed by atoms with Crippen LogP contribution in [0.3, 0.4) is 0 Å². The van der Waals surface area contributed by atoms with Gasteiger partial charge in [0.05, 0.1) is 12.2 Å². The number of benzene rings is 1. The topological polar surface area (TPSA) is 87.5 Å². The zero-order valence-corrected chi connectivity index (χ0v) is 21.4. The Morgan fingerprint density at radius 3 is 2.17 bits per heavy atom. The van der Waals surface area contributed by atoms with E-state index in [4.69, 9.17) is 4.74 Å². The second-order valence-corrected chi connectivity index (χ2v) is 11.2. The minimum absolute atomic E-state index is 0.238. The van der Waals surface area contributed by atoms with Crippen LogP contribution in [0.15, 0.2) is 36.7 Å². The van der Waals surface area contributed by atoms with Crippen LogP contribution in [-0.2, 0) is 4.74 Å². The summed E-state index contributed by atoms with van der Waals surface area (Å²) in [5, 5.41) is 19.8. The van der Waals surface area contributed by atoms with E-state index in [0.717, 1.165) is 71.8 Å². The van der Waals surface area contributed by atoms with Gasteiger partial charge in [0.15, 0.2) is 0 Å². The van der Waals surface area contributed by atoms with Gasteiger partial charge in [-0.05, 0) is 31.2 Å². The van der Waals surface area contributed by atoms with Crippen LogP contribution in [0.2, 0.25) is 0 Å². The van der Waals surface area contributed by atoms with Gasteiger partial charge in [-0.25, -0.2) is 9.97 Å². The van der Waals surface area contributed by atoms with Crippen LogP contribution < -0.4 is 9.80 Å². The van der Waals surface area contributed by atoms with E-state index in [1.54, 1.807) is 11.3 Å². The van der Waals surface area contributed by atoms with Crippen molar-refractivity contribution in [3.05, 3.63) is 36.7 Å². The Bertz CT molecular complexity index is 1120. The first kappa shape index (κ1) is 23.8. The van der Waals surface area contributed by atoms with Crippen LogP contribution in [0.25, 0.3) is 21.7 Å². The van der Waals surface area contributed by atoms with Gasteiger partial charge in [-0.2, -0.15) is 0 Å². The molecule has 0 bridgehead atoms. The summed E-state index contributed by atoms with van der Waals surface area (Å²) in [7, 11) is 0. The molecule has 8 nitrogen and oxygen atoms in total. The van der Waals surface area contributed by atoms with Crippen molar-refractivity contribution in [2.75, 3.05) is 42.6 Å². The molecule has 1 saturated carbocycles. The molecule has 0 unspecified atom stereocenters. The third-order valence-corrected chi connectivity index (χ3v) is 8.70. The van der Waals surface area contributed by atoms with Crippen LogP contribution in [0, 0.1) is 5.92 Å². The number of nitrogens with zero attached hydrogens (tertiary/aromatic N) is 6. The highest BCUT2D eigenvalue weighted by molar-refractivity contribution is 7.18. The lowest BCUT2D eigenvalue weighted by Gasteiger charge is -2.37. The fourth-order valence-electron chi connectivity index (χ4n) is 5.41. The van der Waals surface area contributed by atoms with E-state index in [-0.39, 0.29) is 6.61 Å². The van der Waals surface area contributed by atoms with Crippen molar-refractivity contribution >= 4 is 22.4 Å². The van der Waals surface area contributed by atoms with Crippen LogP contribution in [0.5, 0.6) is 0 Å². The second-order valence-electron chi connectivity index (χ2n) is 10.3. The Morgan fingerprint density at radius 1 is 0.806 bits per heavy atom. The number of rotatable bonds is 7. The summed E-state index contributed by atoms with van der Waals surface area (Å²) in [5.74, 6) is 1.17. The average Bonchev–Trinajstić information content (AvgIpc) is 3.39. The molecule has 0 amide bonds. The van der Waals surface area contributed by atoms with Gasteiger partial charge in [0.1, 0.15) is 5.01 Å². The number of aliphatic hydroxyl groups excluding tert-OH is 1. The number of ether oxygens (including phenoxy) is 1. The summed E-state index contributed by atoms with van der Waals surface area (Å²) in [4.78, 5) is 13.8. The maximum absolute atomic E-state index is 9.22. The predicted octanol–water partition coefficient (Wildman–Crippen LogP) is 4.41. The van der Waals surface area contributed by atoms with E-state index in [0.29, 0.717) is 18.1 Å². The fourth-order valence-corrected chi connectivity index (χ4v) is 6.27. The summed E-state index contributed by atoms with van der Waals surface area (Å²) in [5.41, 5.74) is 3.15. The normalized spacial score (nSPS) is 20.0. The van der Waals surface area contributed by atoms with Gasteiger partial charge in [0.25, 0.3) is 0 Å². The molecule has 2 aliphatic heterocycles. The van der Waals surface area contributed by atoms with Gasteiger partial charge in [0, 0.05) is 62.2 Å². The molecule has 3 aromatic rings. The summed E-state index contributed by atoms with van der Waals surface area (Å²) in [6.07, 6.45) is 13.3. The molecule has 0 spiro atoms. The van der Waals surface area contributed by atoms with E-state index in [9.17, 15) is 5.11 Å². The molecule has 9 heteroatoms. The molecule has 1 aromatic carbocycles. The van der Waals surface area contributed by atoms with Crippen molar-refractivity contribution in [1.29, 1.82) is 0 Å². The van der Waals surface area contributed by atoms with Gasteiger partial charge in [-0.1, -0.05) is 54.9 Å². The molecular formula is C27H34N6O2S. The monoisotopic (exact) mass is 506 g/mol. The molecule has 3 fully saturated rings. The highest BCUT2D eigenvalue weighted by Crippen LogP contribution is 2.33. The number of anilines is 2. The lowest BCUT2D eigenvalue weighted by Crippen LogP contribution is -2.48. The van der Waals surface area contributed by atoms with E-state index in [2.05, 4.69) is 54.2 Å². The van der Waals surface area contributed by atoms with Crippen molar-refractivity contribution < 1.29 is 9.84 Å². The number of aliphatic hydroxyl groups is 1. The molecule has 6 rings (SSSR count). The summed E-state index contributed by atoms with van der Waals surface area (Å²) in [6, 6.07) is 8.34. The molecular weight excluding hydrogens is 472 g/mol. The van der Waals surface area contributed by atoms with Crippen molar-refractivity contribution in [3.8, 4) is 21.7 Å². The fraction of sp³-hybridized carbons (Fsp3) is 0.556. The number of piperidine rings is 1. The van der Waals surface area contributed by atoms with Crippen molar-refractivity contribution in [1.82, 2.24) is 20.2 Å². The van der Waals surface area contributed by atoms with Gasteiger partial charge < -0.3 is 19.6 Å². The minimum atomic E-state index is 0.238. The number of aromatic nitrogens is 4. The van der Waals surface area contributed by atoms with Crippen molar-refractivity contribution in [2.24, 2.45) is 5.92 Å². The van der Waals surface area contributed by atoms with Crippen LogP contribution in [0.4, 0.5) is 11.1 Å². The summed E-state index contributed by atoms with van der Waals surface area (Å²) < 4.78 is 6.38. The first-order valence-corrected chi connectivity index (χ1v) is 14.1. The van der Waals surface area contributed by atoms with E-state index >= 15 is 0 Å². The standard InChI is InChI=1S/C27H34N6O2S/c34-18-19-16-33(17-19)27-31-30-25(36-27)21-8-6-20(7-9-21)22-14-28-26(29-15-22)32-12-10-24(11-13-32)35-23-4-2-1-3-5-23/h6-9,14-15,19,23-24,34H,1-5,10-13,16-18H2. The molecule has 2 aromatic heterocycles. The molecule has 2 saturated heterocycles. The van der Waals surface area contributed by atoms with Crippen molar-refractivity contribution in [3.63, 3.8) is 0 Å². The zero-order valence-electron chi connectivity index (χ0n) is 20.6. The summed E-state index contributed by atoms with van der Waals surface area (Å²) in [6.45, 7) is 3.85. The highest BCUT2D eigenvalue weighted by Gasteiger charge is 2.29. The van der Waals surface area contributed by atoms with Crippen LogP contribution in [-0.4, -0.2) is 70.3 Å². The molecule has 36 heavy (non-hydrogen) atoms. The first-order chi connectivity index (χ1) is 17.7. The number of hydrogen-bond donors (Lipinski definition) is 1. The zero-order chi connectivity index (χ0) is 24.3. The lowest BCUT2D eigenvalue weighted by molar-refractivity contribution is -0.0396. The minimum Gasteiger partial charge on any atom is -0.396 e.